The summed E-state index contributed by atoms with van der Waals surface area (Å²) in [6.45, 7) is 1.98. The lowest BCUT2D eigenvalue weighted by Crippen LogP contribution is -2.15. The fourth-order valence-electron chi connectivity index (χ4n) is 3.04. The number of fused-ring (bicyclic) bond motifs is 2. The first-order valence-corrected chi connectivity index (χ1v) is 8.69. The van der Waals surface area contributed by atoms with Gasteiger partial charge in [0.2, 0.25) is 0 Å². The zero-order valence-corrected chi connectivity index (χ0v) is 15.0. The number of benzene rings is 2. The molecule has 5 nitrogen and oxygen atoms in total. The minimum Gasteiger partial charge on any atom is -0.496 e. The highest BCUT2D eigenvalue weighted by Crippen LogP contribution is 2.29. The standard InChI is InChI=1S/C19H17N3O2S/c1-11-20-14-8-7-12(9-18(14)25-11)21-19(23)16-10-13-15(22(16)2)5-4-6-17(13)24-3/h4-10H,1-3H3,(H,21,23). The van der Waals surface area contributed by atoms with Gasteiger partial charge in [0.05, 0.1) is 27.9 Å². The lowest BCUT2D eigenvalue weighted by Gasteiger charge is -2.06. The molecule has 0 spiro atoms. The number of methoxy groups -OCH3 is 1. The van der Waals surface area contributed by atoms with Crippen molar-refractivity contribution in [2.45, 2.75) is 6.92 Å². The van der Waals surface area contributed by atoms with E-state index in [4.69, 9.17) is 4.74 Å². The van der Waals surface area contributed by atoms with E-state index in [-0.39, 0.29) is 5.91 Å². The van der Waals surface area contributed by atoms with Gasteiger partial charge < -0.3 is 14.6 Å². The number of ether oxygens (including phenoxy) is 1. The van der Waals surface area contributed by atoms with Crippen molar-refractivity contribution >= 4 is 44.1 Å². The van der Waals surface area contributed by atoms with Gasteiger partial charge in [-0.05, 0) is 43.3 Å². The third-order valence-corrected chi connectivity index (χ3v) is 5.19. The molecule has 0 radical (unpaired) electrons. The van der Waals surface area contributed by atoms with Crippen LogP contribution in [-0.4, -0.2) is 22.6 Å². The Labute approximate surface area is 148 Å². The van der Waals surface area contributed by atoms with Crippen LogP contribution in [0, 0.1) is 6.92 Å². The predicted molar refractivity (Wildman–Crippen MR) is 102 cm³/mol. The van der Waals surface area contributed by atoms with Gasteiger partial charge in [0.1, 0.15) is 11.4 Å². The average molecular weight is 351 g/mol. The van der Waals surface area contributed by atoms with Crippen LogP contribution in [0.5, 0.6) is 5.75 Å². The second-order valence-corrected chi connectivity index (χ2v) is 7.09. The Hall–Kier alpha value is -2.86. The number of aromatic nitrogens is 2. The maximum atomic E-state index is 12.8. The van der Waals surface area contributed by atoms with E-state index in [1.165, 1.54) is 0 Å². The molecule has 0 bridgehead atoms. The molecule has 0 aliphatic carbocycles. The van der Waals surface area contributed by atoms with Crippen molar-refractivity contribution in [3.63, 3.8) is 0 Å². The summed E-state index contributed by atoms with van der Waals surface area (Å²) < 4.78 is 8.34. The van der Waals surface area contributed by atoms with Crippen molar-refractivity contribution in [2.75, 3.05) is 12.4 Å². The molecule has 0 fully saturated rings. The van der Waals surface area contributed by atoms with Crippen LogP contribution in [-0.2, 0) is 7.05 Å². The van der Waals surface area contributed by atoms with E-state index < -0.39 is 0 Å². The van der Waals surface area contributed by atoms with Gasteiger partial charge in [-0.2, -0.15) is 0 Å². The SMILES string of the molecule is COc1cccc2c1cc(C(=O)Nc1ccc3nc(C)sc3c1)n2C. The quantitative estimate of drug-likeness (QED) is 0.597. The van der Waals surface area contributed by atoms with Gasteiger partial charge in [0, 0.05) is 18.1 Å². The number of aryl methyl sites for hydroxylation is 2. The molecule has 2 aromatic heterocycles. The van der Waals surface area contributed by atoms with E-state index in [0.29, 0.717) is 5.69 Å². The molecule has 4 rings (SSSR count). The number of thiazole rings is 1. The Morgan fingerprint density at radius 3 is 2.88 bits per heavy atom. The van der Waals surface area contributed by atoms with Crippen molar-refractivity contribution in [3.8, 4) is 5.75 Å². The molecule has 2 aromatic carbocycles. The minimum atomic E-state index is -0.152. The average Bonchev–Trinajstić information content (AvgIpc) is 3.13. The number of anilines is 1. The number of rotatable bonds is 3. The fraction of sp³-hybridized carbons (Fsp3) is 0.158. The number of hydrogen-bond acceptors (Lipinski definition) is 4. The summed E-state index contributed by atoms with van der Waals surface area (Å²) in [6, 6.07) is 13.4. The van der Waals surface area contributed by atoms with Crippen molar-refractivity contribution in [2.24, 2.45) is 7.05 Å². The molecule has 1 amide bonds. The molecule has 126 valence electrons. The Balaban J connectivity index is 1.70. The summed E-state index contributed by atoms with van der Waals surface area (Å²) in [5.74, 6) is 0.607. The van der Waals surface area contributed by atoms with Crippen molar-refractivity contribution in [1.29, 1.82) is 0 Å². The minimum absolute atomic E-state index is 0.152. The molecule has 0 atom stereocenters. The second kappa shape index (κ2) is 5.89. The zero-order chi connectivity index (χ0) is 17.6. The first-order valence-electron chi connectivity index (χ1n) is 7.88. The monoisotopic (exact) mass is 351 g/mol. The first-order chi connectivity index (χ1) is 12.1. The maximum Gasteiger partial charge on any atom is 0.272 e. The Bertz CT molecular complexity index is 1110. The molecular weight excluding hydrogens is 334 g/mol. The van der Waals surface area contributed by atoms with Crippen LogP contribution in [0.1, 0.15) is 15.5 Å². The van der Waals surface area contributed by atoms with Crippen molar-refractivity contribution < 1.29 is 9.53 Å². The third kappa shape index (κ3) is 2.64. The summed E-state index contributed by atoms with van der Waals surface area (Å²) in [5, 5.41) is 4.91. The lowest BCUT2D eigenvalue weighted by molar-refractivity contribution is 0.102. The van der Waals surface area contributed by atoms with Gasteiger partial charge in [-0.3, -0.25) is 4.79 Å². The van der Waals surface area contributed by atoms with E-state index in [9.17, 15) is 4.79 Å². The number of nitrogens with zero attached hydrogens (tertiary/aromatic N) is 2. The summed E-state index contributed by atoms with van der Waals surface area (Å²) in [4.78, 5) is 17.2. The van der Waals surface area contributed by atoms with Crippen LogP contribution >= 0.6 is 11.3 Å². The molecule has 0 aliphatic heterocycles. The van der Waals surface area contributed by atoms with E-state index in [1.807, 2.05) is 61.0 Å². The molecule has 0 unspecified atom stereocenters. The largest absolute Gasteiger partial charge is 0.496 e. The fourth-order valence-corrected chi connectivity index (χ4v) is 3.91. The summed E-state index contributed by atoms with van der Waals surface area (Å²) in [5.41, 5.74) is 3.26. The highest BCUT2D eigenvalue weighted by atomic mass is 32.1. The molecule has 2 heterocycles. The first kappa shape index (κ1) is 15.7. The number of carbonyl (C=O) groups excluding carboxylic acids is 1. The molecule has 0 saturated carbocycles. The normalized spacial score (nSPS) is 11.2. The molecule has 25 heavy (non-hydrogen) atoms. The van der Waals surface area contributed by atoms with E-state index >= 15 is 0 Å². The Morgan fingerprint density at radius 2 is 2.08 bits per heavy atom. The van der Waals surface area contributed by atoms with Crippen LogP contribution in [0.25, 0.3) is 21.1 Å². The Kier molecular flexibility index (Phi) is 3.69. The molecular formula is C19H17N3O2S. The maximum absolute atomic E-state index is 12.8. The topological polar surface area (TPSA) is 56.1 Å². The van der Waals surface area contributed by atoms with E-state index in [1.54, 1.807) is 18.4 Å². The number of carbonyl (C=O) groups is 1. The van der Waals surface area contributed by atoms with Crippen molar-refractivity contribution in [3.05, 3.63) is 53.2 Å². The number of hydrogen-bond donors (Lipinski definition) is 1. The van der Waals surface area contributed by atoms with Gasteiger partial charge in [0.25, 0.3) is 5.91 Å². The molecule has 4 aromatic rings. The lowest BCUT2D eigenvalue weighted by atomic mass is 10.2. The van der Waals surface area contributed by atoms with Crippen LogP contribution in [0.3, 0.4) is 0 Å². The van der Waals surface area contributed by atoms with Gasteiger partial charge in [-0.1, -0.05) is 6.07 Å². The van der Waals surface area contributed by atoms with Crippen LogP contribution in [0.4, 0.5) is 5.69 Å². The highest BCUT2D eigenvalue weighted by molar-refractivity contribution is 7.18. The van der Waals surface area contributed by atoms with Crippen LogP contribution in [0.2, 0.25) is 0 Å². The molecule has 0 saturated heterocycles. The summed E-state index contributed by atoms with van der Waals surface area (Å²) >= 11 is 1.62. The Morgan fingerprint density at radius 1 is 1.24 bits per heavy atom. The summed E-state index contributed by atoms with van der Waals surface area (Å²) in [6.07, 6.45) is 0. The van der Waals surface area contributed by atoms with Gasteiger partial charge in [0.15, 0.2) is 0 Å². The highest BCUT2D eigenvalue weighted by Gasteiger charge is 2.16. The number of nitrogens with one attached hydrogen (secondary N) is 1. The second-order valence-electron chi connectivity index (χ2n) is 5.85. The van der Waals surface area contributed by atoms with Crippen molar-refractivity contribution in [1.82, 2.24) is 9.55 Å². The van der Waals surface area contributed by atoms with Gasteiger partial charge in [-0.25, -0.2) is 4.98 Å². The van der Waals surface area contributed by atoms with Gasteiger partial charge >= 0.3 is 0 Å². The summed E-state index contributed by atoms with van der Waals surface area (Å²) in [7, 11) is 3.51. The zero-order valence-electron chi connectivity index (χ0n) is 14.2. The third-order valence-electron chi connectivity index (χ3n) is 4.25. The smallest absolute Gasteiger partial charge is 0.272 e. The van der Waals surface area contributed by atoms with E-state index in [0.717, 1.165) is 37.6 Å². The van der Waals surface area contributed by atoms with Gasteiger partial charge in [-0.15, -0.1) is 11.3 Å². The van der Waals surface area contributed by atoms with Crippen LogP contribution < -0.4 is 10.1 Å². The predicted octanol–water partition coefficient (Wildman–Crippen LogP) is 4.36. The molecule has 0 aliphatic rings. The van der Waals surface area contributed by atoms with E-state index in [2.05, 4.69) is 10.3 Å². The molecule has 6 heteroatoms. The van der Waals surface area contributed by atoms with Crippen LogP contribution in [0.15, 0.2) is 42.5 Å². The molecule has 1 N–H and O–H groups in total. The number of amides is 1.